The summed E-state index contributed by atoms with van der Waals surface area (Å²) < 4.78 is 0. The highest BCUT2D eigenvalue weighted by Gasteiger charge is 2.32. The molecule has 0 fully saturated rings. The number of nitrogens with one attached hydrogen (secondary N) is 4. The van der Waals surface area contributed by atoms with Crippen LogP contribution in [0, 0.1) is 0 Å². The van der Waals surface area contributed by atoms with Gasteiger partial charge in [-0.2, -0.15) is 11.8 Å². The van der Waals surface area contributed by atoms with E-state index < -0.39 is 60.6 Å². The molecule has 0 saturated heterocycles. The Morgan fingerprint density at radius 3 is 2.33 bits per heavy atom. The van der Waals surface area contributed by atoms with Crippen molar-refractivity contribution in [2.75, 3.05) is 18.6 Å². The number of aliphatic carboxylic acids is 1. The normalized spacial score (nSPS) is 15.4. The number of rotatable bonds is 14. The highest BCUT2D eigenvalue weighted by Crippen LogP contribution is 2.19. The van der Waals surface area contributed by atoms with Crippen LogP contribution in [0.3, 0.4) is 0 Å². The molecule has 0 saturated carbocycles. The standard InChI is InChI=1S/C23H33N5O7S/c1-12(30)19(28-20(31)15(24)7-8-36-2)22(33)27-18(11-29)21(32)26-17(23(34)35)9-13-10-25-16-6-4-3-5-14(13)16/h3-6,10,12,15,17-19,25,29-30H,7-9,11,24H2,1-2H3,(H,26,32)(H,27,33)(H,28,31)(H,34,35). The van der Waals surface area contributed by atoms with E-state index in [2.05, 4.69) is 20.9 Å². The van der Waals surface area contributed by atoms with E-state index in [1.807, 2.05) is 24.5 Å². The molecule has 1 heterocycles. The molecular formula is C23H33N5O7S. The first-order chi connectivity index (χ1) is 17.1. The summed E-state index contributed by atoms with van der Waals surface area (Å²) in [5, 5.41) is 37.0. The Hall–Kier alpha value is -3.13. The molecule has 0 radical (unpaired) electrons. The van der Waals surface area contributed by atoms with Crippen LogP contribution in [0.15, 0.2) is 30.5 Å². The second kappa shape index (κ2) is 13.8. The second-order valence-corrected chi connectivity index (χ2v) is 9.31. The number of carboxylic acids is 1. The van der Waals surface area contributed by atoms with Gasteiger partial charge in [0.05, 0.1) is 18.8 Å². The third kappa shape index (κ3) is 7.95. The Kier molecular flexibility index (Phi) is 11.2. The number of para-hydroxylation sites is 1. The van der Waals surface area contributed by atoms with Crippen molar-refractivity contribution in [2.24, 2.45) is 5.73 Å². The summed E-state index contributed by atoms with van der Waals surface area (Å²) in [4.78, 5) is 52.6. The molecule has 9 N–H and O–H groups in total. The predicted molar refractivity (Wildman–Crippen MR) is 135 cm³/mol. The SMILES string of the molecule is CSCCC(N)C(=O)NC(C(=O)NC(CO)C(=O)NC(Cc1c[nH]c2ccccc12)C(=O)O)C(C)O. The van der Waals surface area contributed by atoms with E-state index in [1.54, 1.807) is 12.3 Å². The Labute approximate surface area is 212 Å². The van der Waals surface area contributed by atoms with Gasteiger partial charge in [-0.3, -0.25) is 14.4 Å². The van der Waals surface area contributed by atoms with Crippen LogP contribution < -0.4 is 21.7 Å². The first kappa shape index (κ1) is 29.1. The number of carbonyl (C=O) groups is 4. The molecule has 198 valence electrons. The zero-order valence-electron chi connectivity index (χ0n) is 20.1. The maximum Gasteiger partial charge on any atom is 0.326 e. The molecule has 13 heteroatoms. The lowest BCUT2D eigenvalue weighted by molar-refractivity contribution is -0.142. The smallest absolute Gasteiger partial charge is 0.326 e. The van der Waals surface area contributed by atoms with E-state index in [4.69, 9.17) is 5.73 Å². The lowest BCUT2D eigenvalue weighted by Gasteiger charge is -2.25. The molecule has 1 aromatic carbocycles. The minimum Gasteiger partial charge on any atom is -0.480 e. The number of hydrogen-bond donors (Lipinski definition) is 8. The van der Waals surface area contributed by atoms with E-state index in [-0.39, 0.29) is 6.42 Å². The zero-order chi connectivity index (χ0) is 26.8. The first-order valence-electron chi connectivity index (χ1n) is 11.3. The lowest BCUT2D eigenvalue weighted by Crippen LogP contribution is -2.60. The average Bonchev–Trinajstić information content (AvgIpc) is 3.25. The van der Waals surface area contributed by atoms with E-state index in [1.165, 1.54) is 18.7 Å². The monoisotopic (exact) mass is 523 g/mol. The third-order valence-electron chi connectivity index (χ3n) is 5.56. The quantitative estimate of drug-likeness (QED) is 0.148. The van der Waals surface area contributed by atoms with Gasteiger partial charge in [0.25, 0.3) is 0 Å². The number of carbonyl (C=O) groups excluding carboxylic acids is 3. The molecule has 5 atom stereocenters. The summed E-state index contributed by atoms with van der Waals surface area (Å²) in [5.41, 5.74) is 7.27. The van der Waals surface area contributed by atoms with Crippen LogP contribution in [0.25, 0.3) is 10.9 Å². The summed E-state index contributed by atoms with van der Waals surface area (Å²) >= 11 is 1.50. The number of amides is 3. The number of carboxylic acid groups (broad SMARTS) is 1. The van der Waals surface area contributed by atoms with Crippen molar-refractivity contribution >= 4 is 46.4 Å². The Balaban J connectivity index is 2.06. The lowest BCUT2D eigenvalue weighted by atomic mass is 10.0. The molecule has 3 amide bonds. The molecule has 36 heavy (non-hydrogen) atoms. The largest absolute Gasteiger partial charge is 0.480 e. The molecule has 0 aliphatic rings. The number of aliphatic hydroxyl groups is 2. The molecule has 0 aliphatic heterocycles. The summed E-state index contributed by atoms with van der Waals surface area (Å²) in [6, 6.07) is 2.07. The van der Waals surface area contributed by atoms with Gasteiger partial charge in [-0.25, -0.2) is 4.79 Å². The van der Waals surface area contributed by atoms with Gasteiger partial charge in [0.1, 0.15) is 18.1 Å². The number of H-pyrrole nitrogens is 1. The topological polar surface area (TPSA) is 207 Å². The van der Waals surface area contributed by atoms with Gasteiger partial charge in [-0.1, -0.05) is 18.2 Å². The number of thioether (sulfide) groups is 1. The Morgan fingerprint density at radius 1 is 1.06 bits per heavy atom. The van der Waals surface area contributed by atoms with Gasteiger partial charge in [-0.15, -0.1) is 0 Å². The van der Waals surface area contributed by atoms with Crippen LogP contribution in [0.1, 0.15) is 18.9 Å². The van der Waals surface area contributed by atoms with Crippen LogP contribution >= 0.6 is 11.8 Å². The first-order valence-corrected chi connectivity index (χ1v) is 12.7. The van der Waals surface area contributed by atoms with E-state index in [9.17, 15) is 34.5 Å². The van der Waals surface area contributed by atoms with Crippen LogP contribution in [-0.4, -0.2) is 92.9 Å². The number of aromatic nitrogens is 1. The summed E-state index contributed by atoms with van der Waals surface area (Å²) in [7, 11) is 0. The van der Waals surface area contributed by atoms with Crippen LogP contribution in [0.2, 0.25) is 0 Å². The fraction of sp³-hybridized carbons (Fsp3) is 0.478. The van der Waals surface area contributed by atoms with E-state index in [0.717, 1.165) is 10.9 Å². The molecule has 2 rings (SSSR count). The van der Waals surface area contributed by atoms with Gasteiger partial charge >= 0.3 is 5.97 Å². The molecule has 1 aromatic heterocycles. The number of nitrogens with two attached hydrogens (primary N) is 1. The summed E-state index contributed by atoms with van der Waals surface area (Å²) in [6.07, 6.45) is 2.48. The van der Waals surface area contributed by atoms with Crippen LogP contribution in [-0.2, 0) is 25.6 Å². The zero-order valence-corrected chi connectivity index (χ0v) is 20.9. The molecule has 0 spiro atoms. The van der Waals surface area contributed by atoms with Crippen molar-refractivity contribution in [3.05, 3.63) is 36.0 Å². The molecular weight excluding hydrogens is 490 g/mol. The van der Waals surface area contributed by atoms with Crippen LogP contribution in [0.5, 0.6) is 0 Å². The van der Waals surface area contributed by atoms with Crippen molar-refractivity contribution in [2.45, 2.75) is 50.0 Å². The summed E-state index contributed by atoms with van der Waals surface area (Å²) in [6.45, 7) is 0.429. The van der Waals surface area contributed by atoms with Crippen molar-refractivity contribution < 1.29 is 34.5 Å². The number of hydrogen-bond acceptors (Lipinski definition) is 8. The van der Waals surface area contributed by atoms with Gasteiger partial charge in [0.15, 0.2) is 0 Å². The number of aromatic amines is 1. The van der Waals surface area contributed by atoms with Gasteiger partial charge in [0.2, 0.25) is 17.7 Å². The van der Waals surface area contributed by atoms with Crippen molar-refractivity contribution in [1.82, 2.24) is 20.9 Å². The number of aliphatic hydroxyl groups excluding tert-OH is 2. The van der Waals surface area contributed by atoms with Crippen molar-refractivity contribution in [3.8, 4) is 0 Å². The van der Waals surface area contributed by atoms with Gasteiger partial charge in [-0.05, 0) is 37.0 Å². The highest BCUT2D eigenvalue weighted by atomic mass is 32.2. The second-order valence-electron chi connectivity index (χ2n) is 8.32. The maximum absolute atomic E-state index is 12.7. The average molecular weight is 524 g/mol. The molecule has 12 nitrogen and oxygen atoms in total. The number of benzene rings is 1. The fourth-order valence-corrected chi connectivity index (χ4v) is 3.98. The van der Waals surface area contributed by atoms with Gasteiger partial charge in [0, 0.05) is 23.5 Å². The molecule has 0 aliphatic carbocycles. The molecule has 2 aromatic rings. The van der Waals surface area contributed by atoms with Gasteiger partial charge < -0.3 is 42.0 Å². The predicted octanol–water partition coefficient (Wildman–Crippen LogP) is -1.30. The minimum atomic E-state index is -1.52. The minimum absolute atomic E-state index is 0.0442. The number of fused-ring (bicyclic) bond motifs is 1. The van der Waals surface area contributed by atoms with E-state index in [0.29, 0.717) is 17.7 Å². The molecule has 5 unspecified atom stereocenters. The maximum atomic E-state index is 12.7. The fourth-order valence-electron chi connectivity index (χ4n) is 3.49. The van der Waals surface area contributed by atoms with Crippen molar-refractivity contribution in [1.29, 1.82) is 0 Å². The highest BCUT2D eigenvalue weighted by molar-refractivity contribution is 7.98. The van der Waals surface area contributed by atoms with Crippen LogP contribution in [0.4, 0.5) is 0 Å². The Morgan fingerprint density at radius 2 is 1.72 bits per heavy atom. The summed E-state index contributed by atoms with van der Waals surface area (Å²) in [5.74, 6) is -3.21. The van der Waals surface area contributed by atoms with E-state index >= 15 is 0 Å². The Bertz CT molecular complexity index is 1060. The van der Waals surface area contributed by atoms with Crippen molar-refractivity contribution in [3.63, 3.8) is 0 Å². The third-order valence-corrected chi connectivity index (χ3v) is 6.21. The molecule has 0 bridgehead atoms.